The molecule has 120 valence electrons. The van der Waals surface area contributed by atoms with Gasteiger partial charge in [0, 0.05) is 17.0 Å². The first kappa shape index (κ1) is 16.0. The molecule has 1 aromatic carbocycles. The number of carbonyl (C=O) groups excluding carboxylic acids is 1. The van der Waals surface area contributed by atoms with Gasteiger partial charge in [0.1, 0.15) is 17.1 Å². The van der Waals surface area contributed by atoms with Gasteiger partial charge >= 0.3 is 0 Å². The van der Waals surface area contributed by atoms with Crippen LogP contribution in [0.25, 0.3) is 11.0 Å². The molecule has 2 aromatic heterocycles. The maximum absolute atomic E-state index is 12.3. The van der Waals surface area contributed by atoms with Crippen LogP contribution in [0.15, 0.2) is 35.7 Å². The highest BCUT2D eigenvalue weighted by Crippen LogP contribution is 2.22. The molecule has 0 saturated heterocycles. The van der Waals surface area contributed by atoms with Crippen LogP contribution >= 0.6 is 23.1 Å². The topological polar surface area (TPSA) is 84.3 Å². The number of ether oxygens (including phenoxy) is 1. The lowest BCUT2D eigenvalue weighted by Gasteiger charge is -2.16. The fourth-order valence-electron chi connectivity index (χ4n) is 2.12. The van der Waals surface area contributed by atoms with Crippen LogP contribution in [0.5, 0.6) is 0 Å². The molecule has 0 aliphatic heterocycles. The third-order valence-electron chi connectivity index (χ3n) is 3.23. The van der Waals surface area contributed by atoms with Gasteiger partial charge in [0.05, 0.1) is 24.9 Å². The van der Waals surface area contributed by atoms with E-state index in [9.17, 15) is 4.79 Å². The van der Waals surface area contributed by atoms with Crippen molar-refractivity contribution in [2.45, 2.75) is 6.10 Å². The quantitative estimate of drug-likeness (QED) is 0.683. The summed E-state index contributed by atoms with van der Waals surface area (Å²) in [5.74, 6) is -0.186. The zero-order chi connectivity index (χ0) is 16.1. The second-order valence-corrected chi connectivity index (χ2v) is 6.28. The van der Waals surface area contributed by atoms with Crippen molar-refractivity contribution in [2.24, 2.45) is 0 Å². The first-order chi connectivity index (χ1) is 11.3. The molecule has 1 atom stereocenters. The summed E-state index contributed by atoms with van der Waals surface area (Å²) in [6, 6.07) is 9.12. The van der Waals surface area contributed by atoms with Crippen LogP contribution in [0.1, 0.15) is 21.3 Å². The second kappa shape index (κ2) is 7.60. The summed E-state index contributed by atoms with van der Waals surface area (Å²) in [6.45, 7) is 0.519. The standard InChI is InChI=1S/C15H15N3O3S2/c19-5-6-21-13(14-2-1-7-22-14)9-16-15(20)10-3-4-11-12(8-10)18-23-17-11/h1-4,7-8,13,19H,5-6,9H2,(H,16,20). The highest BCUT2D eigenvalue weighted by Gasteiger charge is 2.15. The van der Waals surface area contributed by atoms with Crippen molar-refractivity contribution in [3.8, 4) is 0 Å². The Morgan fingerprint density at radius 1 is 1.30 bits per heavy atom. The molecule has 0 radical (unpaired) electrons. The molecule has 6 nitrogen and oxygen atoms in total. The van der Waals surface area contributed by atoms with Gasteiger partial charge in [0.2, 0.25) is 0 Å². The third kappa shape index (κ3) is 3.91. The molecule has 0 fully saturated rings. The Hall–Kier alpha value is -1.87. The van der Waals surface area contributed by atoms with Gasteiger partial charge in [-0.3, -0.25) is 4.79 Å². The van der Waals surface area contributed by atoms with E-state index in [0.29, 0.717) is 17.6 Å². The number of nitrogens with one attached hydrogen (secondary N) is 1. The Kier molecular flexibility index (Phi) is 5.29. The number of benzene rings is 1. The SMILES string of the molecule is O=C(NCC(OCCO)c1cccs1)c1ccc2nsnc2c1. The monoisotopic (exact) mass is 349 g/mol. The van der Waals surface area contributed by atoms with Crippen molar-refractivity contribution < 1.29 is 14.6 Å². The van der Waals surface area contributed by atoms with Crippen molar-refractivity contribution in [3.05, 3.63) is 46.2 Å². The molecule has 23 heavy (non-hydrogen) atoms. The van der Waals surface area contributed by atoms with E-state index in [1.165, 1.54) is 0 Å². The summed E-state index contributed by atoms with van der Waals surface area (Å²) in [6.07, 6.45) is -0.268. The van der Waals surface area contributed by atoms with Gasteiger partial charge < -0.3 is 15.2 Å². The van der Waals surface area contributed by atoms with Crippen LogP contribution in [0.3, 0.4) is 0 Å². The predicted molar refractivity (Wildman–Crippen MR) is 89.8 cm³/mol. The molecule has 2 N–H and O–H groups in total. The number of hydrogen-bond acceptors (Lipinski definition) is 7. The van der Waals surface area contributed by atoms with E-state index in [0.717, 1.165) is 22.1 Å². The van der Waals surface area contributed by atoms with Crippen molar-refractivity contribution >= 4 is 40.0 Å². The molecule has 3 rings (SSSR count). The maximum Gasteiger partial charge on any atom is 0.251 e. The molecule has 1 amide bonds. The molecule has 2 heterocycles. The van der Waals surface area contributed by atoms with E-state index in [1.54, 1.807) is 29.5 Å². The Bertz CT molecular complexity index is 773. The lowest BCUT2D eigenvalue weighted by molar-refractivity contribution is 0.0296. The summed E-state index contributed by atoms with van der Waals surface area (Å²) in [5.41, 5.74) is 2.04. The molecule has 0 spiro atoms. The van der Waals surface area contributed by atoms with Crippen molar-refractivity contribution in [3.63, 3.8) is 0 Å². The normalized spacial score (nSPS) is 12.4. The largest absolute Gasteiger partial charge is 0.394 e. The molecule has 3 aromatic rings. The summed E-state index contributed by atoms with van der Waals surface area (Å²) < 4.78 is 13.9. The lowest BCUT2D eigenvalue weighted by atomic mass is 10.2. The zero-order valence-electron chi connectivity index (χ0n) is 12.1. The van der Waals surface area contributed by atoms with Crippen LogP contribution in [-0.2, 0) is 4.74 Å². The predicted octanol–water partition coefficient (Wildman–Crippen LogP) is 2.23. The van der Waals surface area contributed by atoms with Gasteiger partial charge in [-0.25, -0.2) is 0 Å². The molecule has 0 saturated carbocycles. The second-order valence-electron chi connectivity index (χ2n) is 4.78. The smallest absolute Gasteiger partial charge is 0.251 e. The fraction of sp³-hybridized carbons (Fsp3) is 0.267. The van der Waals surface area contributed by atoms with Crippen LogP contribution < -0.4 is 5.32 Å². The Balaban J connectivity index is 1.65. The van der Waals surface area contributed by atoms with Gasteiger partial charge in [-0.2, -0.15) is 8.75 Å². The first-order valence-electron chi connectivity index (χ1n) is 7.04. The van der Waals surface area contributed by atoms with Crippen molar-refractivity contribution in [2.75, 3.05) is 19.8 Å². The average Bonchev–Trinajstić information content (AvgIpc) is 3.25. The van der Waals surface area contributed by atoms with Gasteiger partial charge in [-0.15, -0.1) is 11.3 Å². The Morgan fingerprint density at radius 2 is 2.17 bits per heavy atom. The molecular formula is C15H15N3O3S2. The maximum atomic E-state index is 12.3. The lowest BCUT2D eigenvalue weighted by Crippen LogP contribution is -2.29. The number of amides is 1. The van der Waals surface area contributed by atoms with Crippen LogP contribution in [0.2, 0.25) is 0 Å². The molecule has 0 bridgehead atoms. The molecular weight excluding hydrogens is 334 g/mol. The first-order valence-corrected chi connectivity index (χ1v) is 8.65. The number of thiophene rings is 1. The van der Waals surface area contributed by atoms with E-state index in [1.807, 2.05) is 17.5 Å². The zero-order valence-corrected chi connectivity index (χ0v) is 13.8. The van der Waals surface area contributed by atoms with Gasteiger partial charge in [-0.1, -0.05) is 6.07 Å². The van der Waals surface area contributed by atoms with Crippen LogP contribution in [0, 0.1) is 0 Å². The van der Waals surface area contributed by atoms with E-state index in [-0.39, 0.29) is 25.2 Å². The van der Waals surface area contributed by atoms with Crippen LogP contribution in [-0.4, -0.2) is 39.5 Å². The number of aliphatic hydroxyl groups excluding tert-OH is 1. The minimum Gasteiger partial charge on any atom is -0.394 e. The third-order valence-corrected chi connectivity index (χ3v) is 4.76. The van der Waals surface area contributed by atoms with E-state index in [2.05, 4.69) is 14.1 Å². The van der Waals surface area contributed by atoms with E-state index < -0.39 is 0 Å². The van der Waals surface area contributed by atoms with Gasteiger partial charge in [0.15, 0.2) is 0 Å². The number of hydrogen-bond donors (Lipinski definition) is 2. The van der Waals surface area contributed by atoms with Crippen molar-refractivity contribution in [1.29, 1.82) is 0 Å². The fourth-order valence-corrected chi connectivity index (χ4v) is 3.41. The number of nitrogens with zero attached hydrogens (tertiary/aromatic N) is 2. The highest BCUT2D eigenvalue weighted by atomic mass is 32.1. The van der Waals surface area contributed by atoms with Gasteiger partial charge in [-0.05, 0) is 29.6 Å². The Morgan fingerprint density at radius 3 is 2.96 bits per heavy atom. The summed E-state index contributed by atoms with van der Waals surface area (Å²) in [4.78, 5) is 13.3. The average molecular weight is 349 g/mol. The number of fused-ring (bicyclic) bond motifs is 1. The van der Waals surface area contributed by atoms with E-state index >= 15 is 0 Å². The van der Waals surface area contributed by atoms with Crippen LogP contribution in [0.4, 0.5) is 0 Å². The molecule has 1 unspecified atom stereocenters. The highest BCUT2D eigenvalue weighted by molar-refractivity contribution is 7.10. The number of aromatic nitrogens is 2. The molecule has 8 heteroatoms. The van der Waals surface area contributed by atoms with Gasteiger partial charge in [0.25, 0.3) is 5.91 Å². The minimum atomic E-state index is -0.268. The van der Waals surface area contributed by atoms with E-state index in [4.69, 9.17) is 9.84 Å². The number of aliphatic hydroxyl groups is 1. The summed E-state index contributed by atoms with van der Waals surface area (Å²) in [7, 11) is 0. The Labute approximate surface area is 141 Å². The number of carbonyl (C=O) groups is 1. The molecule has 0 aliphatic rings. The van der Waals surface area contributed by atoms with Crippen molar-refractivity contribution in [1.82, 2.24) is 14.1 Å². The molecule has 0 aliphatic carbocycles. The summed E-state index contributed by atoms with van der Waals surface area (Å²) in [5, 5.41) is 13.8. The number of rotatable bonds is 7. The minimum absolute atomic E-state index is 0.0523. The summed E-state index contributed by atoms with van der Waals surface area (Å²) >= 11 is 2.68.